The number of halogens is 1. The average molecular weight is 360 g/mol. The fourth-order valence-electron chi connectivity index (χ4n) is 2.21. The molecule has 0 aliphatic carbocycles. The van der Waals surface area contributed by atoms with E-state index in [0.717, 1.165) is 0 Å². The van der Waals surface area contributed by atoms with Crippen molar-refractivity contribution in [2.45, 2.75) is 12.8 Å². The highest BCUT2D eigenvalue weighted by atomic mass is 35.5. The number of carbonyl (C=O) groups excluding carboxylic acids is 2. The number of carbonyl (C=O) groups is 2. The van der Waals surface area contributed by atoms with E-state index in [1.54, 1.807) is 36.4 Å². The molecule has 4 N–H and O–H groups in total. The Hall–Kier alpha value is -3.13. The number of rotatable bonds is 5. The Kier molecular flexibility index (Phi) is 4.80. The standard InChI is InChI=1S/C16H14ClN5O3/c17-9-2-1-3-10(8-9)18-13(23)6-7-14(24)20-12-5-4-11-15(21-12)22-16(25)19-11/h1-5,8H,6-7H2,(H,18,23)(H3,19,20,21,22,24,25). The summed E-state index contributed by atoms with van der Waals surface area (Å²) in [6, 6.07) is 9.94. The summed E-state index contributed by atoms with van der Waals surface area (Å²) >= 11 is 5.84. The van der Waals surface area contributed by atoms with Crippen LogP contribution in [0, 0.1) is 0 Å². The van der Waals surface area contributed by atoms with Crippen LogP contribution >= 0.6 is 11.6 Å². The molecular formula is C16H14ClN5O3. The Balaban J connectivity index is 1.53. The molecule has 3 aromatic rings. The molecule has 0 atom stereocenters. The quantitative estimate of drug-likeness (QED) is 0.558. The molecule has 0 saturated carbocycles. The zero-order valence-electron chi connectivity index (χ0n) is 12.9. The molecule has 2 amide bonds. The number of H-pyrrole nitrogens is 2. The number of imidazole rings is 1. The number of benzene rings is 1. The minimum Gasteiger partial charge on any atom is -0.326 e. The summed E-state index contributed by atoms with van der Waals surface area (Å²) in [4.78, 5) is 44.1. The molecule has 0 unspecified atom stereocenters. The van der Waals surface area contributed by atoms with Gasteiger partial charge in [0, 0.05) is 23.6 Å². The van der Waals surface area contributed by atoms with Gasteiger partial charge >= 0.3 is 5.69 Å². The highest BCUT2D eigenvalue weighted by molar-refractivity contribution is 6.30. The van der Waals surface area contributed by atoms with Crippen LogP contribution in [-0.4, -0.2) is 26.8 Å². The van der Waals surface area contributed by atoms with E-state index in [2.05, 4.69) is 25.6 Å². The van der Waals surface area contributed by atoms with Crippen molar-refractivity contribution >= 4 is 46.1 Å². The van der Waals surface area contributed by atoms with Gasteiger partial charge < -0.3 is 15.6 Å². The van der Waals surface area contributed by atoms with E-state index in [9.17, 15) is 14.4 Å². The number of hydrogen-bond acceptors (Lipinski definition) is 4. The lowest BCUT2D eigenvalue weighted by Gasteiger charge is -2.06. The number of fused-ring (bicyclic) bond motifs is 1. The average Bonchev–Trinajstić information content (AvgIpc) is 2.92. The van der Waals surface area contributed by atoms with E-state index < -0.39 is 0 Å². The first-order chi connectivity index (χ1) is 12.0. The van der Waals surface area contributed by atoms with Gasteiger partial charge in [-0.25, -0.2) is 9.78 Å². The maximum absolute atomic E-state index is 11.9. The normalized spacial score (nSPS) is 10.6. The van der Waals surface area contributed by atoms with Crippen molar-refractivity contribution < 1.29 is 9.59 Å². The molecule has 9 heteroatoms. The Morgan fingerprint density at radius 3 is 2.56 bits per heavy atom. The third kappa shape index (κ3) is 4.45. The van der Waals surface area contributed by atoms with Gasteiger partial charge in [0.25, 0.3) is 0 Å². The van der Waals surface area contributed by atoms with Crippen LogP contribution in [0.15, 0.2) is 41.2 Å². The second kappa shape index (κ2) is 7.18. The van der Waals surface area contributed by atoms with E-state index >= 15 is 0 Å². The summed E-state index contributed by atoms with van der Waals surface area (Å²) in [5, 5.41) is 5.76. The van der Waals surface area contributed by atoms with E-state index in [-0.39, 0.29) is 30.3 Å². The summed E-state index contributed by atoms with van der Waals surface area (Å²) in [7, 11) is 0. The molecule has 128 valence electrons. The van der Waals surface area contributed by atoms with Crippen molar-refractivity contribution in [1.82, 2.24) is 15.0 Å². The fourth-order valence-corrected chi connectivity index (χ4v) is 2.40. The number of nitrogens with zero attached hydrogens (tertiary/aromatic N) is 1. The van der Waals surface area contributed by atoms with Crippen LogP contribution < -0.4 is 16.3 Å². The lowest BCUT2D eigenvalue weighted by Crippen LogP contribution is -2.17. The highest BCUT2D eigenvalue weighted by Crippen LogP contribution is 2.15. The van der Waals surface area contributed by atoms with Gasteiger partial charge in [-0.1, -0.05) is 17.7 Å². The van der Waals surface area contributed by atoms with Gasteiger partial charge in [-0.3, -0.25) is 14.6 Å². The zero-order valence-corrected chi connectivity index (χ0v) is 13.7. The van der Waals surface area contributed by atoms with Gasteiger partial charge in [0.2, 0.25) is 11.8 Å². The zero-order chi connectivity index (χ0) is 17.8. The van der Waals surface area contributed by atoms with Gasteiger partial charge in [-0.2, -0.15) is 0 Å². The molecule has 8 nitrogen and oxygen atoms in total. The number of anilines is 2. The first-order valence-corrected chi connectivity index (χ1v) is 7.82. The molecule has 0 aliphatic rings. The van der Waals surface area contributed by atoms with E-state index in [1.165, 1.54) is 0 Å². The third-order valence-corrected chi connectivity index (χ3v) is 3.57. The molecular weight excluding hydrogens is 346 g/mol. The topological polar surface area (TPSA) is 120 Å². The Morgan fingerprint density at radius 1 is 1.04 bits per heavy atom. The predicted molar refractivity (Wildman–Crippen MR) is 94.7 cm³/mol. The summed E-state index contributed by atoms with van der Waals surface area (Å²) in [6.07, 6.45) is 0.0113. The fraction of sp³-hybridized carbons (Fsp3) is 0.125. The van der Waals surface area contributed by atoms with Crippen LogP contribution in [0.3, 0.4) is 0 Å². The minimum atomic E-state index is -0.372. The molecule has 25 heavy (non-hydrogen) atoms. The minimum absolute atomic E-state index is 0.00419. The Labute approximate surface area is 146 Å². The Morgan fingerprint density at radius 2 is 1.80 bits per heavy atom. The molecule has 0 fully saturated rings. The maximum atomic E-state index is 11.9. The molecule has 0 bridgehead atoms. The monoisotopic (exact) mass is 359 g/mol. The summed E-state index contributed by atoms with van der Waals surface area (Å²) in [5.74, 6) is -0.357. The molecule has 0 saturated heterocycles. The van der Waals surface area contributed by atoms with Crippen molar-refractivity contribution in [3.05, 3.63) is 51.9 Å². The molecule has 0 spiro atoms. The van der Waals surface area contributed by atoms with Gasteiger partial charge in [-0.05, 0) is 30.3 Å². The second-order valence-electron chi connectivity index (χ2n) is 5.28. The van der Waals surface area contributed by atoms with Crippen molar-refractivity contribution in [1.29, 1.82) is 0 Å². The van der Waals surface area contributed by atoms with Crippen molar-refractivity contribution in [3.8, 4) is 0 Å². The number of nitrogens with one attached hydrogen (secondary N) is 4. The van der Waals surface area contributed by atoms with Crippen molar-refractivity contribution in [2.24, 2.45) is 0 Å². The van der Waals surface area contributed by atoms with Gasteiger partial charge in [0.1, 0.15) is 5.82 Å². The Bertz CT molecular complexity index is 995. The van der Waals surface area contributed by atoms with Gasteiger partial charge in [-0.15, -0.1) is 0 Å². The SMILES string of the molecule is O=C(CCC(=O)Nc1ccc2[nH]c(=O)[nH]c2n1)Nc1cccc(Cl)c1. The maximum Gasteiger partial charge on any atom is 0.325 e. The predicted octanol–water partition coefficient (Wildman–Crippen LogP) is 2.26. The number of hydrogen-bond donors (Lipinski definition) is 4. The third-order valence-electron chi connectivity index (χ3n) is 3.33. The van der Waals surface area contributed by atoms with Crippen LogP contribution in [0.1, 0.15) is 12.8 Å². The van der Waals surface area contributed by atoms with Crippen molar-refractivity contribution in [2.75, 3.05) is 10.6 Å². The van der Waals surface area contributed by atoms with Crippen LogP contribution in [0.25, 0.3) is 11.2 Å². The lowest BCUT2D eigenvalue weighted by molar-refractivity contribution is -0.121. The smallest absolute Gasteiger partial charge is 0.325 e. The molecule has 1 aromatic carbocycles. The van der Waals surface area contributed by atoms with Crippen molar-refractivity contribution in [3.63, 3.8) is 0 Å². The molecule has 2 heterocycles. The molecule has 2 aromatic heterocycles. The molecule has 3 rings (SSSR count). The van der Waals surface area contributed by atoms with E-state index in [4.69, 9.17) is 11.6 Å². The lowest BCUT2D eigenvalue weighted by atomic mass is 10.2. The van der Waals surface area contributed by atoms with Crippen LogP contribution in [0.4, 0.5) is 11.5 Å². The second-order valence-corrected chi connectivity index (χ2v) is 5.71. The van der Waals surface area contributed by atoms with E-state index in [1.807, 2.05) is 0 Å². The van der Waals surface area contributed by atoms with Gasteiger partial charge in [0.15, 0.2) is 5.65 Å². The van der Waals surface area contributed by atoms with Crippen LogP contribution in [-0.2, 0) is 9.59 Å². The first-order valence-electron chi connectivity index (χ1n) is 7.44. The van der Waals surface area contributed by atoms with Crippen LogP contribution in [0.2, 0.25) is 5.02 Å². The molecule has 0 aliphatic heterocycles. The number of amides is 2. The first kappa shape index (κ1) is 16.7. The summed E-state index contributed by atoms with van der Waals surface area (Å²) in [5.41, 5.74) is 1.09. The van der Waals surface area contributed by atoms with E-state index in [0.29, 0.717) is 27.7 Å². The number of aromatic nitrogens is 3. The highest BCUT2D eigenvalue weighted by Gasteiger charge is 2.09. The number of aromatic amines is 2. The summed E-state index contributed by atoms with van der Waals surface area (Å²) in [6.45, 7) is 0. The number of pyridine rings is 1. The van der Waals surface area contributed by atoms with Crippen LogP contribution in [0.5, 0.6) is 0 Å². The summed E-state index contributed by atoms with van der Waals surface area (Å²) < 4.78 is 0. The molecule has 0 radical (unpaired) electrons. The van der Waals surface area contributed by atoms with Gasteiger partial charge in [0.05, 0.1) is 5.52 Å². The largest absolute Gasteiger partial charge is 0.326 e.